The van der Waals surface area contributed by atoms with E-state index in [1.165, 1.54) is 5.56 Å². The van der Waals surface area contributed by atoms with Gasteiger partial charge in [0.05, 0.1) is 12.3 Å². The summed E-state index contributed by atoms with van der Waals surface area (Å²) in [5.74, 6) is 2.16. The molecule has 1 fully saturated rings. The van der Waals surface area contributed by atoms with Crippen molar-refractivity contribution in [1.82, 2.24) is 30.0 Å². The topological polar surface area (TPSA) is 63.2 Å². The van der Waals surface area contributed by atoms with Gasteiger partial charge >= 0.3 is 0 Å². The standard InChI is InChI=1S/C21H27ClN6O/c1-16(2)20(21-23-24-25-28(21)15-19-4-3-13-29-19)27-11-9-26(10-12-27)14-17-5-7-18(22)8-6-17/h3-8,13,16,20H,9-12,14-15H2,1-2H3. The first kappa shape index (κ1) is 20.1. The van der Waals surface area contributed by atoms with Gasteiger partial charge in [0.2, 0.25) is 0 Å². The third-order valence-electron chi connectivity index (χ3n) is 5.46. The third kappa shape index (κ3) is 4.86. The lowest BCUT2D eigenvalue weighted by Gasteiger charge is -2.40. The Morgan fingerprint density at radius 2 is 1.79 bits per heavy atom. The number of halogens is 1. The fourth-order valence-corrected chi connectivity index (χ4v) is 4.14. The molecule has 29 heavy (non-hydrogen) atoms. The first-order valence-corrected chi connectivity index (χ1v) is 10.5. The highest BCUT2D eigenvalue weighted by atomic mass is 35.5. The Kier molecular flexibility index (Phi) is 6.28. The van der Waals surface area contributed by atoms with Crippen LogP contribution in [0.2, 0.25) is 5.02 Å². The van der Waals surface area contributed by atoms with Crippen LogP contribution in [0.25, 0.3) is 0 Å². The minimum absolute atomic E-state index is 0.178. The Labute approximate surface area is 176 Å². The monoisotopic (exact) mass is 414 g/mol. The summed E-state index contributed by atoms with van der Waals surface area (Å²) in [5.41, 5.74) is 1.30. The lowest BCUT2D eigenvalue weighted by atomic mass is 10.0. The number of furan rings is 1. The summed E-state index contributed by atoms with van der Waals surface area (Å²) in [6, 6.07) is 12.1. The van der Waals surface area contributed by atoms with Crippen molar-refractivity contribution in [3.8, 4) is 0 Å². The van der Waals surface area contributed by atoms with Gasteiger partial charge in [-0.05, 0) is 46.2 Å². The lowest BCUT2D eigenvalue weighted by molar-refractivity contribution is 0.0663. The predicted octanol–water partition coefficient (Wildman–Crippen LogP) is 3.48. The van der Waals surface area contributed by atoms with Gasteiger partial charge < -0.3 is 4.42 Å². The van der Waals surface area contributed by atoms with E-state index in [1.54, 1.807) is 6.26 Å². The van der Waals surface area contributed by atoms with Crippen molar-refractivity contribution in [1.29, 1.82) is 0 Å². The summed E-state index contributed by atoms with van der Waals surface area (Å²) >= 11 is 6.00. The molecule has 7 nitrogen and oxygen atoms in total. The molecule has 3 heterocycles. The molecule has 0 N–H and O–H groups in total. The van der Waals surface area contributed by atoms with E-state index in [4.69, 9.17) is 16.0 Å². The summed E-state index contributed by atoms with van der Waals surface area (Å²) < 4.78 is 7.35. The van der Waals surface area contributed by atoms with Gasteiger partial charge in [0, 0.05) is 37.7 Å². The highest BCUT2D eigenvalue weighted by Crippen LogP contribution is 2.28. The van der Waals surface area contributed by atoms with Gasteiger partial charge in [-0.3, -0.25) is 9.80 Å². The van der Waals surface area contributed by atoms with Crippen LogP contribution < -0.4 is 0 Å². The molecule has 0 amide bonds. The van der Waals surface area contributed by atoms with Gasteiger partial charge in [0.15, 0.2) is 5.82 Å². The summed E-state index contributed by atoms with van der Waals surface area (Å²) in [7, 11) is 0. The van der Waals surface area contributed by atoms with Gasteiger partial charge in [-0.25, -0.2) is 4.68 Å². The maximum atomic E-state index is 6.00. The van der Waals surface area contributed by atoms with Crippen LogP contribution in [-0.2, 0) is 13.1 Å². The Morgan fingerprint density at radius 1 is 1.03 bits per heavy atom. The van der Waals surface area contributed by atoms with Gasteiger partial charge in [-0.1, -0.05) is 37.6 Å². The minimum atomic E-state index is 0.178. The first-order chi connectivity index (χ1) is 14.1. The molecule has 3 aromatic rings. The van der Waals surface area contributed by atoms with E-state index in [2.05, 4.69) is 51.3 Å². The molecule has 1 aliphatic rings. The van der Waals surface area contributed by atoms with Gasteiger partial charge in [-0.2, -0.15) is 0 Å². The molecule has 4 rings (SSSR count). The summed E-state index contributed by atoms with van der Waals surface area (Å²) in [6.07, 6.45) is 1.68. The lowest BCUT2D eigenvalue weighted by Crippen LogP contribution is -2.48. The van der Waals surface area contributed by atoms with Crippen LogP contribution in [0.1, 0.15) is 37.0 Å². The molecule has 0 aliphatic carbocycles. The summed E-state index contributed by atoms with van der Waals surface area (Å²) in [5, 5.41) is 13.3. The van der Waals surface area contributed by atoms with E-state index >= 15 is 0 Å². The average molecular weight is 415 g/mol. The maximum Gasteiger partial charge on any atom is 0.169 e. The fraction of sp³-hybridized carbons (Fsp3) is 0.476. The zero-order chi connectivity index (χ0) is 20.2. The van der Waals surface area contributed by atoms with Crippen LogP contribution in [0.3, 0.4) is 0 Å². The van der Waals surface area contributed by atoms with E-state index in [-0.39, 0.29) is 6.04 Å². The number of hydrogen-bond donors (Lipinski definition) is 0. The van der Waals surface area contributed by atoms with Crippen LogP contribution in [0.15, 0.2) is 47.1 Å². The number of rotatable bonds is 7. The van der Waals surface area contributed by atoms with Crippen LogP contribution in [0.4, 0.5) is 0 Å². The van der Waals surface area contributed by atoms with Crippen LogP contribution in [0, 0.1) is 5.92 Å². The molecule has 1 atom stereocenters. The third-order valence-corrected chi connectivity index (χ3v) is 5.71. The molecule has 0 spiro atoms. The maximum absolute atomic E-state index is 6.00. The molecular weight excluding hydrogens is 388 g/mol. The van der Waals surface area contributed by atoms with Crippen LogP contribution in [0.5, 0.6) is 0 Å². The summed E-state index contributed by atoms with van der Waals surface area (Å²) in [6.45, 7) is 9.99. The smallest absolute Gasteiger partial charge is 0.169 e. The largest absolute Gasteiger partial charge is 0.467 e. The molecule has 0 bridgehead atoms. The molecule has 0 saturated carbocycles. The molecule has 1 unspecified atom stereocenters. The highest BCUT2D eigenvalue weighted by Gasteiger charge is 2.31. The van der Waals surface area contributed by atoms with Crippen molar-refractivity contribution in [2.45, 2.75) is 33.0 Å². The minimum Gasteiger partial charge on any atom is -0.467 e. The second kappa shape index (κ2) is 9.07. The van der Waals surface area contributed by atoms with Gasteiger partial charge in [-0.15, -0.1) is 5.10 Å². The van der Waals surface area contributed by atoms with Gasteiger partial charge in [0.1, 0.15) is 12.3 Å². The number of nitrogens with zero attached hydrogens (tertiary/aromatic N) is 6. The molecule has 2 aromatic heterocycles. The van der Waals surface area contributed by atoms with Gasteiger partial charge in [0.25, 0.3) is 0 Å². The van der Waals surface area contributed by atoms with Crippen molar-refractivity contribution < 1.29 is 4.42 Å². The molecular formula is C21H27ClN6O. The van der Waals surface area contributed by atoms with Crippen molar-refractivity contribution in [2.75, 3.05) is 26.2 Å². The SMILES string of the molecule is CC(C)C(c1nnnn1Cc1ccco1)N1CCN(Cc2ccc(Cl)cc2)CC1. The highest BCUT2D eigenvalue weighted by molar-refractivity contribution is 6.30. The quantitative estimate of drug-likeness (QED) is 0.589. The second-order valence-electron chi connectivity index (χ2n) is 7.90. The Balaban J connectivity index is 1.41. The Morgan fingerprint density at radius 3 is 2.45 bits per heavy atom. The normalized spacial score (nSPS) is 17.1. The molecule has 154 valence electrons. The Bertz CT molecular complexity index is 884. The molecule has 0 radical (unpaired) electrons. The first-order valence-electron chi connectivity index (χ1n) is 10.1. The Hall–Kier alpha value is -2.22. The van der Waals surface area contributed by atoms with Crippen LogP contribution in [-0.4, -0.2) is 56.2 Å². The molecule has 1 aliphatic heterocycles. The van der Waals surface area contributed by atoms with E-state index in [0.717, 1.165) is 49.3 Å². The van der Waals surface area contributed by atoms with Crippen molar-refractivity contribution in [3.63, 3.8) is 0 Å². The number of piperazine rings is 1. The molecule has 8 heteroatoms. The van der Waals surface area contributed by atoms with Crippen LogP contribution >= 0.6 is 11.6 Å². The number of aromatic nitrogens is 4. The predicted molar refractivity (Wildman–Crippen MR) is 112 cm³/mol. The molecule has 1 saturated heterocycles. The fourth-order valence-electron chi connectivity index (χ4n) is 4.02. The zero-order valence-electron chi connectivity index (χ0n) is 16.9. The molecule has 1 aromatic carbocycles. The average Bonchev–Trinajstić information content (AvgIpc) is 3.38. The van der Waals surface area contributed by atoms with E-state index in [0.29, 0.717) is 12.5 Å². The number of tetrazole rings is 1. The van der Waals surface area contributed by atoms with Crippen molar-refractivity contribution in [3.05, 3.63) is 64.8 Å². The zero-order valence-corrected chi connectivity index (χ0v) is 17.7. The van der Waals surface area contributed by atoms with Crippen molar-refractivity contribution >= 4 is 11.6 Å². The number of benzene rings is 1. The second-order valence-corrected chi connectivity index (χ2v) is 8.34. The number of hydrogen-bond acceptors (Lipinski definition) is 6. The van der Waals surface area contributed by atoms with E-state index in [1.807, 2.05) is 28.9 Å². The summed E-state index contributed by atoms with van der Waals surface area (Å²) in [4.78, 5) is 5.00. The van der Waals surface area contributed by atoms with Crippen molar-refractivity contribution in [2.24, 2.45) is 5.92 Å². The van der Waals surface area contributed by atoms with E-state index < -0.39 is 0 Å². The van der Waals surface area contributed by atoms with E-state index in [9.17, 15) is 0 Å².